The van der Waals surface area contributed by atoms with E-state index in [9.17, 15) is 0 Å². The lowest BCUT2D eigenvalue weighted by atomic mass is 9.97. The van der Waals surface area contributed by atoms with E-state index in [-0.39, 0.29) is 0 Å². The molecule has 3 heterocycles. The topological polar surface area (TPSA) is 56.5 Å². The van der Waals surface area contributed by atoms with Crippen molar-refractivity contribution in [3.05, 3.63) is 152 Å². The molecule has 0 aliphatic carbocycles. The summed E-state index contributed by atoms with van der Waals surface area (Å²) in [4.78, 5) is 19.9. The van der Waals surface area contributed by atoms with Crippen LogP contribution in [0.1, 0.15) is 0 Å². The second-order valence-corrected chi connectivity index (χ2v) is 11.9. The van der Waals surface area contributed by atoms with Crippen molar-refractivity contribution in [3.63, 3.8) is 0 Å². The predicted molar refractivity (Wildman–Crippen MR) is 193 cm³/mol. The van der Waals surface area contributed by atoms with Crippen LogP contribution in [0.2, 0.25) is 0 Å². The highest BCUT2D eigenvalue weighted by atomic mass is 15.0. The molecule has 0 saturated carbocycles. The summed E-state index contributed by atoms with van der Waals surface area (Å²) in [5.41, 5.74) is 9.03. The molecule has 7 aromatic carbocycles. The highest BCUT2D eigenvalue weighted by Crippen LogP contribution is 2.42. The zero-order valence-corrected chi connectivity index (χ0v) is 25.2. The summed E-state index contributed by atoms with van der Waals surface area (Å²) in [5, 5.41) is 7.94. The van der Waals surface area contributed by atoms with Gasteiger partial charge in [0.25, 0.3) is 0 Å². The zero-order chi connectivity index (χ0) is 30.9. The number of para-hydroxylation sites is 2. The number of fused-ring (bicyclic) bond motifs is 11. The number of benzene rings is 7. The molecule has 5 heteroatoms. The second-order valence-electron chi connectivity index (χ2n) is 11.9. The van der Waals surface area contributed by atoms with Gasteiger partial charge in [-0.05, 0) is 29.7 Å². The molecule has 0 atom stereocenters. The third kappa shape index (κ3) is 3.83. The molecule has 0 saturated heterocycles. The molecular formula is C42H25N5. The van der Waals surface area contributed by atoms with Crippen LogP contribution in [-0.2, 0) is 0 Å². The van der Waals surface area contributed by atoms with Crippen molar-refractivity contribution in [2.45, 2.75) is 0 Å². The highest BCUT2D eigenvalue weighted by Gasteiger charge is 2.20. The summed E-state index contributed by atoms with van der Waals surface area (Å²) in [5.74, 6) is 0.696. The molecule has 0 spiro atoms. The molecule has 47 heavy (non-hydrogen) atoms. The quantitative estimate of drug-likeness (QED) is 0.190. The average molecular weight is 600 g/mol. The number of hydrogen-bond acceptors (Lipinski definition) is 4. The summed E-state index contributed by atoms with van der Waals surface area (Å²) in [6.45, 7) is 0. The van der Waals surface area contributed by atoms with Gasteiger partial charge in [-0.25, -0.2) is 9.97 Å². The zero-order valence-electron chi connectivity index (χ0n) is 25.2. The Morgan fingerprint density at radius 2 is 1.11 bits per heavy atom. The summed E-state index contributed by atoms with van der Waals surface area (Å²) in [6.07, 6.45) is 3.56. The highest BCUT2D eigenvalue weighted by molar-refractivity contribution is 6.32. The summed E-state index contributed by atoms with van der Waals surface area (Å²) < 4.78 is 2.39. The minimum Gasteiger partial charge on any atom is -0.309 e. The van der Waals surface area contributed by atoms with Crippen molar-refractivity contribution < 1.29 is 0 Å². The van der Waals surface area contributed by atoms with Crippen molar-refractivity contribution in [1.82, 2.24) is 24.5 Å². The number of rotatable bonds is 3. The van der Waals surface area contributed by atoms with Gasteiger partial charge in [-0.3, -0.25) is 9.97 Å². The molecule has 218 valence electrons. The van der Waals surface area contributed by atoms with Gasteiger partial charge < -0.3 is 4.57 Å². The van der Waals surface area contributed by atoms with Crippen LogP contribution in [0.3, 0.4) is 0 Å². The Morgan fingerprint density at radius 3 is 1.96 bits per heavy atom. The van der Waals surface area contributed by atoms with Gasteiger partial charge in [-0.2, -0.15) is 0 Å². The first kappa shape index (κ1) is 25.8. The van der Waals surface area contributed by atoms with Gasteiger partial charge in [0.2, 0.25) is 0 Å². The molecule has 0 aliphatic heterocycles. The van der Waals surface area contributed by atoms with Gasteiger partial charge in [0.1, 0.15) is 0 Å². The van der Waals surface area contributed by atoms with Crippen LogP contribution in [0.15, 0.2) is 152 Å². The Hall–Kier alpha value is -6.46. The molecule has 0 bridgehead atoms. The molecule has 0 aliphatic rings. The largest absolute Gasteiger partial charge is 0.309 e. The van der Waals surface area contributed by atoms with Gasteiger partial charge in [-0.1, -0.05) is 115 Å². The van der Waals surface area contributed by atoms with Gasteiger partial charge in [0, 0.05) is 61.5 Å². The first-order valence-corrected chi connectivity index (χ1v) is 15.7. The van der Waals surface area contributed by atoms with Crippen LogP contribution in [0.25, 0.3) is 93.6 Å². The minimum atomic E-state index is 0.696. The first-order chi connectivity index (χ1) is 23.3. The van der Waals surface area contributed by atoms with E-state index in [0.717, 1.165) is 71.6 Å². The van der Waals surface area contributed by atoms with Crippen LogP contribution >= 0.6 is 0 Å². The molecule has 5 nitrogen and oxygen atoms in total. The SMILES string of the molecule is c1ccc(-c2nc(-c3cccc(-n4c5ccccc5c5ccc6c7nccnc7c7ccccc7c6c54)c3)nc3ccccc23)cc1. The predicted octanol–water partition coefficient (Wildman–Crippen LogP) is 10.3. The second kappa shape index (κ2) is 10.0. The van der Waals surface area contributed by atoms with Crippen LogP contribution in [-0.4, -0.2) is 24.5 Å². The number of aromatic nitrogens is 5. The van der Waals surface area contributed by atoms with Crippen LogP contribution < -0.4 is 0 Å². The lowest BCUT2D eigenvalue weighted by Gasteiger charge is -2.14. The van der Waals surface area contributed by atoms with Crippen molar-refractivity contribution in [2.75, 3.05) is 0 Å². The Kier molecular flexibility index (Phi) is 5.51. The molecule has 0 unspecified atom stereocenters. The maximum atomic E-state index is 5.18. The van der Waals surface area contributed by atoms with Crippen LogP contribution in [0.4, 0.5) is 0 Å². The monoisotopic (exact) mass is 599 g/mol. The van der Waals surface area contributed by atoms with Crippen LogP contribution in [0.5, 0.6) is 0 Å². The molecule has 0 N–H and O–H groups in total. The smallest absolute Gasteiger partial charge is 0.160 e. The van der Waals surface area contributed by atoms with Crippen LogP contribution in [0, 0.1) is 0 Å². The Bertz CT molecular complexity index is 2820. The average Bonchev–Trinajstić information content (AvgIpc) is 3.49. The van der Waals surface area contributed by atoms with E-state index in [2.05, 4.69) is 126 Å². The summed E-state index contributed by atoms with van der Waals surface area (Å²) >= 11 is 0. The maximum Gasteiger partial charge on any atom is 0.160 e. The molecule has 3 aromatic heterocycles. The fraction of sp³-hybridized carbons (Fsp3) is 0. The third-order valence-corrected chi connectivity index (χ3v) is 9.25. The number of hydrogen-bond donors (Lipinski definition) is 0. The Morgan fingerprint density at radius 1 is 0.447 bits per heavy atom. The summed E-state index contributed by atoms with van der Waals surface area (Å²) in [7, 11) is 0. The van der Waals surface area contributed by atoms with E-state index in [1.54, 1.807) is 12.4 Å². The van der Waals surface area contributed by atoms with E-state index >= 15 is 0 Å². The van der Waals surface area contributed by atoms with Crippen molar-refractivity contribution >= 4 is 65.3 Å². The molecular weight excluding hydrogens is 574 g/mol. The van der Waals surface area contributed by atoms with E-state index in [1.807, 2.05) is 18.2 Å². The molecule has 10 rings (SSSR count). The Labute approximate surface area is 269 Å². The Balaban J connectivity index is 1.30. The van der Waals surface area contributed by atoms with E-state index < -0.39 is 0 Å². The molecule has 0 fully saturated rings. The van der Waals surface area contributed by atoms with Crippen molar-refractivity contribution in [1.29, 1.82) is 0 Å². The fourth-order valence-corrected chi connectivity index (χ4v) is 7.24. The number of nitrogens with zero attached hydrogens (tertiary/aromatic N) is 5. The van der Waals surface area contributed by atoms with Gasteiger partial charge in [-0.15, -0.1) is 0 Å². The van der Waals surface area contributed by atoms with E-state index in [1.165, 1.54) is 16.2 Å². The fourth-order valence-electron chi connectivity index (χ4n) is 7.24. The normalized spacial score (nSPS) is 11.8. The van der Waals surface area contributed by atoms with Crippen molar-refractivity contribution in [3.8, 4) is 28.3 Å². The lowest BCUT2D eigenvalue weighted by Crippen LogP contribution is -1.98. The minimum absolute atomic E-state index is 0.696. The molecule has 10 aromatic rings. The van der Waals surface area contributed by atoms with E-state index in [4.69, 9.17) is 19.9 Å². The van der Waals surface area contributed by atoms with Crippen molar-refractivity contribution in [2.24, 2.45) is 0 Å². The lowest BCUT2D eigenvalue weighted by molar-refractivity contribution is 1.17. The van der Waals surface area contributed by atoms with E-state index in [0.29, 0.717) is 5.82 Å². The maximum absolute atomic E-state index is 5.18. The van der Waals surface area contributed by atoms with Gasteiger partial charge in [0.05, 0.1) is 33.3 Å². The first-order valence-electron chi connectivity index (χ1n) is 15.7. The van der Waals surface area contributed by atoms with Gasteiger partial charge >= 0.3 is 0 Å². The standard InChI is InChI=1S/C42H25N5/c1-2-11-26(12-3-1)38-33-18-6-8-19-35(33)45-42(46-38)27-13-10-14-28(25-27)47-36-20-9-7-15-29(36)32-21-22-34-37(41(32)47)30-16-4-5-17-31(30)39-40(34)44-24-23-43-39/h1-25H. The third-order valence-electron chi connectivity index (χ3n) is 9.25. The molecule has 0 radical (unpaired) electrons. The van der Waals surface area contributed by atoms with Gasteiger partial charge in [0.15, 0.2) is 5.82 Å². The molecule has 0 amide bonds. The summed E-state index contributed by atoms with van der Waals surface area (Å²) in [6, 6.07) is 48.8.